The average Bonchev–Trinajstić information content (AvgIpc) is 2.77. The monoisotopic (exact) mass is 495 g/mol. The summed E-state index contributed by atoms with van der Waals surface area (Å²) in [7, 11) is -0.566. The van der Waals surface area contributed by atoms with Crippen LogP contribution in [0.25, 0.3) is 0 Å². The molecule has 2 saturated heterocycles. The number of amides is 1. The van der Waals surface area contributed by atoms with E-state index in [-0.39, 0.29) is 25.7 Å². The Bertz CT molecular complexity index is 901. The van der Waals surface area contributed by atoms with Gasteiger partial charge >= 0.3 is 0 Å². The SMILES string of the molecule is COc1cc(C)c(S(=O)(=O)N(C)CCOCC(=O)N2CCC(CCCN3CCC3)CC2)c(C)c1. The largest absolute Gasteiger partial charge is 0.497 e. The van der Waals surface area contributed by atoms with Crippen molar-refractivity contribution < 1.29 is 22.7 Å². The van der Waals surface area contributed by atoms with Crippen molar-refractivity contribution >= 4 is 15.9 Å². The van der Waals surface area contributed by atoms with Crippen LogP contribution in [0.3, 0.4) is 0 Å². The van der Waals surface area contributed by atoms with Crippen LogP contribution in [-0.4, -0.2) is 95.1 Å². The summed E-state index contributed by atoms with van der Waals surface area (Å²) < 4.78 is 38.2. The fourth-order valence-corrected chi connectivity index (χ4v) is 6.39. The van der Waals surface area contributed by atoms with Gasteiger partial charge in [-0.05, 0) is 94.8 Å². The molecule has 1 aromatic carbocycles. The molecule has 0 aliphatic carbocycles. The molecule has 0 spiro atoms. The lowest BCUT2D eigenvalue weighted by atomic mass is 9.92. The van der Waals surface area contributed by atoms with E-state index in [0.29, 0.717) is 21.8 Å². The first-order chi connectivity index (χ1) is 16.2. The van der Waals surface area contributed by atoms with E-state index in [1.165, 1.54) is 50.2 Å². The van der Waals surface area contributed by atoms with Crippen LogP contribution in [0.1, 0.15) is 43.2 Å². The molecule has 2 aliphatic rings. The Morgan fingerprint density at radius 2 is 1.76 bits per heavy atom. The summed E-state index contributed by atoms with van der Waals surface area (Å²) in [4.78, 5) is 17.2. The Balaban J connectivity index is 1.36. The van der Waals surface area contributed by atoms with Gasteiger partial charge in [0.2, 0.25) is 15.9 Å². The van der Waals surface area contributed by atoms with Gasteiger partial charge in [-0.3, -0.25) is 4.79 Å². The number of hydrogen-bond acceptors (Lipinski definition) is 6. The van der Waals surface area contributed by atoms with E-state index >= 15 is 0 Å². The Morgan fingerprint density at radius 1 is 1.12 bits per heavy atom. The first kappa shape index (κ1) is 26.9. The molecule has 0 N–H and O–H groups in total. The molecule has 1 aromatic rings. The predicted octanol–water partition coefficient (Wildman–Crippen LogP) is 2.67. The molecule has 0 radical (unpaired) electrons. The fourth-order valence-electron chi connectivity index (χ4n) is 4.84. The molecule has 8 nitrogen and oxygen atoms in total. The van der Waals surface area contributed by atoms with Gasteiger partial charge in [0.15, 0.2) is 0 Å². The molecule has 1 amide bonds. The van der Waals surface area contributed by atoms with Crippen LogP contribution in [0.5, 0.6) is 5.75 Å². The van der Waals surface area contributed by atoms with Crippen molar-refractivity contribution in [3.63, 3.8) is 0 Å². The maximum Gasteiger partial charge on any atom is 0.248 e. The highest BCUT2D eigenvalue weighted by Crippen LogP contribution is 2.27. The molecule has 0 unspecified atom stereocenters. The average molecular weight is 496 g/mol. The lowest BCUT2D eigenvalue weighted by molar-refractivity contribution is -0.137. The zero-order chi connectivity index (χ0) is 24.7. The summed E-state index contributed by atoms with van der Waals surface area (Å²) in [5.41, 5.74) is 1.28. The molecule has 2 heterocycles. The van der Waals surface area contributed by atoms with E-state index in [9.17, 15) is 13.2 Å². The third-order valence-electron chi connectivity index (χ3n) is 7.12. The van der Waals surface area contributed by atoms with Crippen molar-refractivity contribution in [3.05, 3.63) is 23.3 Å². The van der Waals surface area contributed by atoms with Gasteiger partial charge in [0.05, 0.1) is 18.6 Å². The number of nitrogens with zero attached hydrogens (tertiary/aromatic N) is 3. The number of methoxy groups -OCH3 is 1. The highest BCUT2D eigenvalue weighted by atomic mass is 32.2. The number of carbonyl (C=O) groups is 1. The Hall–Kier alpha value is -1.68. The lowest BCUT2D eigenvalue weighted by Gasteiger charge is -2.34. The summed E-state index contributed by atoms with van der Waals surface area (Å²) in [5.74, 6) is 1.34. The number of ether oxygens (including phenoxy) is 2. The van der Waals surface area contributed by atoms with Gasteiger partial charge < -0.3 is 19.3 Å². The zero-order valence-corrected chi connectivity index (χ0v) is 22.0. The van der Waals surface area contributed by atoms with E-state index in [2.05, 4.69) is 4.90 Å². The molecule has 34 heavy (non-hydrogen) atoms. The minimum Gasteiger partial charge on any atom is -0.497 e. The maximum absolute atomic E-state index is 13.1. The number of sulfonamides is 1. The van der Waals surface area contributed by atoms with Crippen LogP contribution in [0, 0.1) is 19.8 Å². The molecule has 9 heteroatoms. The Labute approximate surface area is 205 Å². The highest BCUT2D eigenvalue weighted by Gasteiger charge is 2.26. The van der Waals surface area contributed by atoms with Crippen molar-refractivity contribution in [2.75, 3.05) is 66.6 Å². The summed E-state index contributed by atoms with van der Waals surface area (Å²) in [6.07, 6.45) is 5.98. The number of rotatable bonds is 12. The van der Waals surface area contributed by atoms with E-state index in [1.807, 2.05) is 4.90 Å². The quantitative estimate of drug-likeness (QED) is 0.415. The van der Waals surface area contributed by atoms with Gasteiger partial charge in [-0.1, -0.05) is 0 Å². The van der Waals surface area contributed by atoms with Crippen LogP contribution in [-0.2, 0) is 19.6 Å². The third kappa shape index (κ3) is 6.93. The van der Waals surface area contributed by atoms with E-state index in [0.717, 1.165) is 31.8 Å². The van der Waals surface area contributed by atoms with Gasteiger partial charge in [0.25, 0.3) is 0 Å². The number of carbonyl (C=O) groups excluding carboxylic acids is 1. The standard InChI is InChI=1S/C25H41N3O5S/c1-20-17-23(32-4)18-21(2)25(20)34(30,31)26(3)15-16-33-19-24(29)28-13-8-22(9-14-28)7-5-10-27-11-6-12-27/h17-18,22H,5-16,19H2,1-4H3. The summed E-state index contributed by atoms with van der Waals surface area (Å²) in [5, 5.41) is 0. The number of likely N-dealkylation sites (tertiary alicyclic amines) is 2. The lowest BCUT2D eigenvalue weighted by Crippen LogP contribution is -2.41. The number of likely N-dealkylation sites (N-methyl/N-ethyl adjacent to an activating group) is 1. The van der Waals surface area contributed by atoms with Crippen molar-refractivity contribution in [2.45, 2.75) is 50.8 Å². The van der Waals surface area contributed by atoms with Crippen LogP contribution in [0.2, 0.25) is 0 Å². The predicted molar refractivity (Wildman–Crippen MR) is 133 cm³/mol. The number of piperidine rings is 1. The first-order valence-corrected chi connectivity index (χ1v) is 13.9. The van der Waals surface area contributed by atoms with Gasteiger partial charge in [-0.25, -0.2) is 8.42 Å². The first-order valence-electron chi connectivity index (χ1n) is 12.4. The normalized spacial score (nSPS) is 17.7. The molecule has 2 aliphatic heterocycles. The van der Waals surface area contributed by atoms with Crippen molar-refractivity contribution in [3.8, 4) is 5.75 Å². The summed E-state index contributed by atoms with van der Waals surface area (Å²) in [6, 6.07) is 3.44. The molecule has 192 valence electrons. The smallest absolute Gasteiger partial charge is 0.248 e. The van der Waals surface area contributed by atoms with Gasteiger partial charge in [-0.2, -0.15) is 4.31 Å². The van der Waals surface area contributed by atoms with Crippen LogP contribution >= 0.6 is 0 Å². The second-order valence-electron chi connectivity index (χ2n) is 9.63. The number of benzene rings is 1. The molecule has 0 bridgehead atoms. The van der Waals surface area contributed by atoms with E-state index in [1.54, 1.807) is 33.1 Å². The fraction of sp³-hybridized carbons (Fsp3) is 0.720. The Kier molecular flexibility index (Phi) is 9.76. The minimum absolute atomic E-state index is 0.00585. The van der Waals surface area contributed by atoms with E-state index in [4.69, 9.17) is 9.47 Å². The molecular formula is C25H41N3O5S. The van der Waals surface area contributed by atoms with Crippen molar-refractivity contribution in [1.29, 1.82) is 0 Å². The molecule has 0 aromatic heterocycles. The zero-order valence-electron chi connectivity index (χ0n) is 21.2. The van der Waals surface area contributed by atoms with E-state index < -0.39 is 10.0 Å². The molecule has 0 saturated carbocycles. The molecule has 2 fully saturated rings. The van der Waals surface area contributed by atoms with Crippen LogP contribution in [0.15, 0.2) is 17.0 Å². The van der Waals surface area contributed by atoms with Crippen LogP contribution in [0.4, 0.5) is 0 Å². The highest BCUT2D eigenvalue weighted by molar-refractivity contribution is 7.89. The second-order valence-corrected chi connectivity index (χ2v) is 11.6. The van der Waals surface area contributed by atoms with Crippen molar-refractivity contribution in [1.82, 2.24) is 14.1 Å². The summed E-state index contributed by atoms with van der Waals surface area (Å²) >= 11 is 0. The topological polar surface area (TPSA) is 79.4 Å². The second kappa shape index (κ2) is 12.3. The molecule has 3 rings (SSSR count). The number of hydrogen-bond donors (Lipinski definition) is 0. The van der Waals surface area contributed by atoms with Crippen LogP contribution < -0.4 is 4.74 Å². The third-order valence-corrected chi connectivity index (χ3v) is 9.28. The maximum atomic E-state index is 13.1. The number of aryl methyl sites for hydroxylation is 2. The summed E-state index contributed by atoms with van der Waals surface area (Å²) in [6.45, 7) is 9.19. The van der Waals surface area contributed by atoms with Gasteiger partial charge in [-0.15, -0.1) is 0 Å². The Morgan fingerprint density at radius 3 is 2.32 bits per heavy atom. The minimum atomic E-state index is -3.66. The van der Waals surface area contributed by atoms with Gasteiger partial charge in [0, 0.05) is 26.7 Å². The van der Waals surface area contributed by atoms with Gasteiger partial charge in [0.1, 0.15) is 12.4 Å². The molecule has 0 atom stereocenters. The van der Waals surface area contributed by atoms with Crippen molar-refractivity contribution in [2.24, 2.45) is 5.92 Å². The molecular weight excluding hydrogens is 454 g/mol.